The first-order valence-corrected chi connectivity index (χ1v) is 8.17. The second kappa shape index (κ2) is 6.10. The first kappa shape index (κ1) is 14.5. The van der Waals surface area contributed by atoms with Crippen LogP contribution in [-0.4, -0.2) is 24.2 Å². The quantitative estimate of drug-likeness (QED) is 0.889. The SMILES string of the molecule is CCC1CNCCC1c1c[nH]c2ccc(OC(C)C)cc12. The van der Waals surface area contributed by atoms with Crippen molar-refractivity contribution in [2.24, 2.45) is 5.92 Å². The van der Waals surface area contributed by atoms with Crippen LogP contribution in [0.15, 0.2) is 24.4 Å². The van der Waals surface area contributed by atoms with Crippen molar-refractivity contribution in [1.82, 2.24) is 10.3 Å². The summed E-state index contributed by atoms with van der Waals surface area (Å²) in [6, 6.07) is 6.40. The molecule has 1 fully saturated rings. The Hall–Kier alpha value is -1.48. The van der Waals surface area contributed by atoms with Gasteiger partial charge in [-0.3, -0.25) is 0 Å². The van der Waals surface area contributed by atoms with Crippen LogP contribution >= 0.6 is 0 Å². The molecule has 114 valence electrons. The maximum atomic E-state index is 5.86. The number of fused-ring (bicyclic) bond motifs is 1. The summed E-state index contributed by atoms with van der Waals surface area (Å²) in [7, 11) is 0. The number of piperidine rings is 1. The third kappa shape index (κ3) is 2.93. The molecule has 2 heterocycles. The summed E-state index contributed by atoms with van der Waals surface area (Å²) in [5, 5.41) is 4.86. The highest BCUT2D eigenvalue weighted by Gasteiger charge is 2.27. The topological polar surface area (TPSA) is 37.0 Å². The molecule has 21 heavy (non-hydrogen) atoms. The zero-order valence-corrected chi connectivity index (χ0v) is 13.3. The summed E-state index contributed by atoms with van der Waals surface area (Å²) in [5.41, 5.74) is 2.68. The molecule has 2 atom stereocenters. The van der Waals surface area contributed by atoms with Gasteiger partial charge in [-0.05, 0) is 69.0 Å². The minimum absolute atomic E-state index is 0.215. The zero-order valence-electron chi connectivity index (χ0n) is 13.3. The largest absolute Gasteiger partial charge is 0.491 e. The normalized spacial score (nSPS) is 22.9. The summed E-state index contributed by atoms with van der Waals surface area (Å²) in [6.45, 7) is 8.70. The van der Waals surface area contributed by atoms with Gasteiger partial charge in [0.2, 0.25) is 0 Å². The zero-order chi connectivity index (χ0) is 14.8. The molecule has 0 spiro atoms. The van der Waals surface area contributed by atoms with Gasteiger partial charge < -0.3 is 15.0 Å². The van der Waals surface area contributed by atoms with E-state index in [0.717, 1.165) is 24.8 Å². The molecular weight excluding hydrogens is 260 g/mol. The Kier molecular flexibility index (Phi) is 4.20. The second-order valence-corrected chi connectivity index (χ2v) is 6.39. The van der Waals surface area contributed by atoms with Crippen LogP contribution in [-0.2, 0) is 0 Å². The van der Waals surface area contributed by atoms with Gasteiger partial charge in [0.25, 0.3) is 0 Å². The minimum Gasteiger partial charge on any atom is -0.491 e. The Morgan fingerprint density at radius 3 is 2.95 bits per heavy atom. The van der Waals surface area contributed by atoms with Gasteiger partial charge in [0.1, 0.15) is 5.75 Å². The molecule has 1 aliphatic rings. The molecule has 0 bridgehead atoms. The van der Waals surface area contributed by atoms with Gasteiger partial charge in [0.15, 0.2) is 0 Å². The summed E-state index contributed by atoms with van der Waals surface area (Å²) in [5.74, 6) is 2.35. The van der Waals surface area contributed by atoms with Crippen molar-refractivity contribution < 1.29 is 4.74 Å². The van der Waals surface area contributed by atoms with Gasteiger partial charge in [-0.1, -0.05) is 13.3 Å². The van der Waals surface area contributed by atoms with E-state index in [-0.39, 0.29) is 6.10 Å². The lowest BCUT2D eigenvalue weighted by molar-refractivity contribution is 0.242. The predicted molar refractivity (Wildman–Crippen MR) is 88.1 cm³/mol. The van der Waals surface area contributed by atoms with Crippen LogP contribution in [0.2, 0.25) is 0 Å². The van der Waals surface area contributed by atoms with E-state index < -0.39 is 0 Å². The summed E-state index contributed by atoms with van der Waals surface area (Å²) in [4.78, 5) is 3.43. The molecule has 2 aromatic rings. The Balaban J connectivity index is 1.97. The first-order valence-electron chi connectivity index (χ1n) is 8.17. The Morgan fingerprint density at radius 1 is 1.33 bits per heavy atom. The highest BCUT2D eigenvalue weighted by molar-refractivity contribution is 5.85. The average molecular weight is 286 g/mol. The van der Waals surface area contributed by atoms with E-state index >= 15 is 0 Å². The number of benzene rings is 1. The molecule has 3 heteroatoms. The van der Waals surface area contributed by atoms with E-state index in [0.29, 0.717) is 5.92 Å². The van der Waals surface area contributed by atoms with Gasteiger partial charge in [0, 0.05) is 17.1 Å². The molecule has 0 amide bonds. The molecule has 1 aliphatic heterocycles. The fraction of sp³-hybridized carbons (Fsp3) is 0.556. The van der Waals surface area contributed by atoms with Crippen molar-refractivity contribution in [2.45, 2.75) is 45.6 Å². The lowest BCUT2D eigenvalue weighted by Crippen LogP contribution is -2.34. The van der Waals surface area contributed by atoms with Gasteiger partial charge in [-0.25, -0.2) is 0 Å². The third-order valence-electron chi connectivity index (χ3n) is 4.59. The van der Waals surface area contributed by atoms with Crippen molar-refractivity contribution >= 4 is 10.9 Å². The standard InChI is InChI=1S/C18H26N2O/c1-4-13-10-19-8-7-15(13)17-11-20-18-6-5-14(9-16(17)18)21-12(2)3/h5-6,9,11-13,15,19-20H,4,7-8,10H2,1-3H3. The van der Waals surface area contributed by atoms with Gasteiger partial charge in [-0.15, -0.1) is 0 Å². The lowest BCUT2D eigenvalue weighted by atomic mass is 9.80. The Bertz CT molecular complexity index is 602. The van der Waals surface area contributed by atoms with Crippen LogP contribution in [0.1, 0.15) is 45.1 Å². The summed E-state index contributed by atoms with van der Waals surface area (Å²) >= 11 is 0. The lowest BCUT2D eigenvalue weighted by Gasteiger charge is -2.31. The van der Waals surface area contributed by atoms with Crippen molar-refractivity contribution in [3.63, 3.8) is 0 Å². The monoisotopic (exact) mass is 286 g/mol. The van der Waals surface area contributed by atoms with E-state index in [2.05, 4.69) is 55.5 Å². The Morgan fingerprint density at radius 2 is 2.19 bits per heavy atom. The summed E-state index contributed by atoms with van der Waals surface area (Å²) < 4.78 is 5.86. The maximum absolute atomic E-state index is 5.86. The van der Waals surface area contributed by atoms with E-state index in [4.69, 9.17) is 4.74 Å². The molecule has 3 rings (SSSR count). The molecule has 1 aromatic heterocycles. The van der Waals surface area contributed by atoms with Gasteiger partial charge >= 0.3 is 0 Å². The molecule has 1 saturated heterocycles. The van der Waals surface area contributed by atoms with E-state index in [1.807, 2.05) is 0 Å². The molecule has 3 nitrogen and oxygen atoms in total. The summed E-state index contributed by atoms with van der Waals surface area (Å²) in [6.07, 6.45) is 4.88. The highest BCUT2D eigenvalue weighted by atomic mass is 16.5. The number of H-pyrrole nitrogens is 1. The van der Waals surface area contributed by atoms with Crippen molar-refractivity contribution in [3.05, 3.63) is 30.0 Å². The number of rotatable bonds is 4. The fourth-order valence-corrected chi connectivity index (χ4v) is 3.53. The van der Waals surface area contributed by atoms with Crippen LogP contribution in [0.25, 0.3) is 10.9 Å². The van der Waals surface area contributed by atoms with Crippen LogP contribution in [0.5, 0.6) is 5.75 Å². The second-order valence-electron chi connectivity index (χ2n) is 6.39. The van der Waals surface area contributed by atoms with Gasteiger partial charge in [-0.2, -0.15) is 0 Å². The molecule has 0 aliphatic carbocycles. The molecule has 1 aromatic carbocycles. The number of ether oxygens (including phenoxy) is 1. The number of aromatic nitrogens is 1. The van der Waals surface area contributed by atoms with E-state index in [9.17, 15) is 0 Å². The number of hydrogen-bond donors (Lipinski definition) is 2. The Labute approximate surface area is 127 Å². The van der Waals surface area contributed by atoms with Crippen LogP contribution in [0.3, 0.4) is 0 Å². The number of aromatic amines is 1. The molecular formula is C18H26N2O. The van der Waals surface area contributed by atoms with Crippen molar-refractivity contribution in [2.75, 3.05) is 13.1 Å². The maximum Gasteiger partial charge on any atom is 0.120 e. The van der Waals surface area contributed by atoms with Crippen LogP contribution in [0, 0.1) is 5.92 Å². The molecule has 0 saturated carbocycles. The van der Waals surface area contributed by atoms with Crippen LogP contribution in [0.4, 0.5) is 0 Å². The van der Waals surface area contributed by atoms with Crippen molar-refractivity contribution in [3.8, 4) is 5.75 Å². The molecule has 2 unspecified atom stereocenters. The van der Waals surface area contributed by atoms with E-state index in [1.165, 1.54) is 29.3 Å². The first-order chi connectivity index (χ1) is 10.2. The number of nitrogens with one attached hydrogen (secondary N) is 2. The van der Waals surface area contributed by atoms with Gasteiger partial charge in [0.05, 0.1) is 6.10 Å². The molecule has 0 radical (unpaired) electrons. The third-order valence-corrected chi connectivity index (χ3v) is 4.59. The number of hydrogen-bond acceptors (Lipinski definition) is 2. The fourth-order valence-electron chi connectivity index (χ4n) is 3.53. The van der Waals surface area contributed by atoms with E-state index in [1.54, 1.807) is 0 Å². The molecule has 2 N–H and O–H groups in total. The predicted octanol–water partition coefficient (Wildman–Crippen LogP) is 4.06. The highest BCUT2D eigenvalue weighted by Crippen LogP contribution is 2.37. The average Bonchev–Trinajstić information content (AvgIpc) is 2.89. The smallest absolute Gasteiger partial charge is 0.120 e. The van der Waals surface area contributed by atoms with Crippen LogP contribution < -0.4 is 10.1 Å². The van der Waals surface area contributed by atoms with Crippen molar-refractivity contribution in [1.29, 1.82) is 0 Å². The minimum atomic E-state index is 0.215.